The Labute approximate surface area is 231 Å². The van der Waals surface area contributed by atoms with Crippen LogP contribution in [0.5, 0.6) is 5.75 Å². The zero-order valence-corrected chi connectivity index (χ0v) is 21.7. The van der Waals surface area contributed by atoms with Crippen molar-refractivity contribution in [3.63, 3.8) is 0 Å². The highest BCUT2D eigenvalue weighted by Gasteiger charge is 2.11. The largest absolute Gasteiger partial charge is 0.493 e. The Kier molecular flexibility index (Phi) is 9.36. The van der Waals surface area contributed by atoms with Crippen LogP contribution in [0.2, 0.25) is 0 Å². The minimum atomic E-state index is -0.468. The van der Waals surface area contributed by atoms with Gasteiger partial charge in [0.2, 0.25) is 0 Å². The van der Waals surface area contributed by atoms with E-state index in [4.69, 9.17) is 17.0 Å². The summed E-state index contributed by atoms with van der Waals surface area (Å²) in [7, 11) is 0. The maximum absolute atomic E-state index is 12.5. The topological polar surface area (TPSA) is 109 Å². The van der Waals surface area contributed by atoms with Crippen LogP contribution in [-0.2, 0) is 6.42 Å². The molecule has 0 saturated heterocycles. The summed E-state index contributed by atoms with van der Waals surface area (Å²) < 4.78 is 5.74. The number of hydrogen-bond acceptors (Lipinski definition) is 5. The Morgan fingerprint density at radius 1 is 0.615 bits per heavy atom. The third kappa shape index (κ3) is 8.24. The molecule has 196 valence electrons. The molecule has 39 heavy (non-hydrogen) atoms. The molecule has 9 heteroatoms. The molecule has 4 aromatic carbocycles. The van der Waals surface area contributed by atoms with Crippen molar-refractivity contribution in [2.45, 2.75) is 6.42 Å². The molecule has 4 N–H and O–H groups in total. The predicted molar refractivity (Wildman–Crippen MR) is 154 cm³/mol. The van der Waals surface area contributed by atoms with Gasteiger partial charge in [0, 0.05) is 28.8 Å². The van der Waals surface area contributed by atoms with Crippen molar-refractivity contribution < 1.29 is 19.1 Å². The van der Waals surface area contributed by atoms with E-state index >= 15 is 0 Å². The number of ether oxygens (including phenoxy) is 1. The number of carbonyl (C=O) groups excluding carboxylic acids is 3. The van der Waals surface area contributed by atoms with E-state index < -0.39 is 11.8 Å². The van der Waals surface area contributed by atoms with Crippen LogP contribution in [0.15, 0.2) is 109 Å². The minimum absolute atomic E-state index is 0.0664. The zero-order chi connectivity index (χ0) is 27.5. The maximum atomic E-state index is 12.5. The van der Waals surface area contributed by atoms with E-state index in [-0.39, 0.29) is 11.0 Å². The summed E-state index contributed by atoms with van der Waals surface area (Å²) in [6.07, 6.45) is 0.781. The highest BCUT2D eigenvalue weighted by Crippen LogP contribution is 2.14. The molecule has 0 saturated carbocycles. The first-order valence-electron chi connectivity index (χ1n) is 12.1. The number of anilines is 1. The predicted octanol–water partition coefficient (Wildman–Crippen LogP) is 4.51. The van der Waals surface area contributed by atoms with E-state index in [0.717, 1.165) is 6.42 Å². The first-order valence-corrected chi connectivity index (χ1v) is 12.5. The van der Waals surface area contributed by atoms with Crippen molar-refractivity contribution >= 4 is 40.7 Å². The second-order valence-electron chi connectivity index (χ2n) is 8.37. The van der Waals surface area contributed by atoms with Crippen LogP contribution in [0.3, 0.4) is 0 Å². The Morgan fingerprint density at radius 2 is 1.18 bits per heavy atom. The number of thiocarbonyl (C=S) groups is 1. The molecular weight excluding hydrogens is 512 g/mol. The van der Waals surface area contributed by atoms with Gasteiger partial charge in [-0.1, -0.05) is 48.5 Å². The van der Waals surface area contributed by atoms with Crippen LogP contribution >= 0.6 is 12.2 Å². The average molecular weight is 539 g/mol. The number of rotatable bonds is 8. The number of hydrogen-bond donors (Lipinski definition) is 4. The second-order valence-corrected chi connectivity index (χ2v) is 8.78. The van der Waals surface area contributed by atoms with Gasteiger partial charge < -0.3 is 10.1 Å². The maximum Gasteiger partial charge on any atom is 0.269 e. The highest BCUT2D eigenvalue weighted by atomic mass is 32.1. The molecule has 0 unspecified atom stereocenters. The van der Waals surface area contributed by atoms with Gasteiger partial charge in [-0.25, -0.2) is 0 Å². The van der Waals surface area contributed by atoms with Gasteiger partial charge in [0.1, 0.15) is 5.75 Å². The van der Waals surface area contributed by atoms with Crippen molar-refractivity contribution in [1.82, 2.24) is 16.2 Å². The molecule has 8 nitrogen and oxygen atoms in total. The molecule has 0 spiro atoms. The van der Waals surface area contributed by atoms with Crippen LogP contribution in [0.25, 0.3) is 0 Å². The van der Waals surface area contributed by atoms with Crippen molar-refractivity contribution in [2.24, 2.45) is 0 Å². The Balaban J connectivity index is 1.19. The summed E-state index contributed by atoms with van der Waals surface area (Å²) in [6.45, 7) is 0.522. The standard InChI is InChI=1S/C30H26N4O4S/c35-27(22-9-5-2-6-10-22)31-25-15-11-24(12-16-25)29(37)33-34-30(39)32-28(36)23-13-17-26(18-14-23)38-20-19-21-7-3-1-4-8-21/h1-18H,19-20H2,(H,31,35)(H,33,37)(H2,32,34,36,39). The lowest BCUT2D eigenvalue weighted by molar-refractivity contribution is 0.0934. The van der Waals surface area contributed by atoms with Crippen LogP contribution in [-0.4, -0.2) is 29.4 Å². The van der Waals surface area contributed by atoms with Gasteiger partial charge in [-0.15, -0.1) is 0 Å². The molecule has 0 aliphatic rings. The third-order valence-electron chi connectivity index (χ3n) is 5.58. The Morgan fingerprint density at radius 3 is 1.85 bits per heavy atom. The average Bonchev–Trinajstić information content (AvgIpc) is 2.97. The molecule has 0 fully saturated rings. The molecular formula is C30H26N4O4S. The Hall–Kier alpha value is -5.02. The molecule has 4 rings (SSSR count). The number of benzene rings is 4. The lowest BCUT2D eigenvalue weighted by atomic mass is 10.1. The summed E-state index contributed by atoms with van der Waals surface area (Å²) in [4.78, 5) is 37.2. The van der Waals surface area contributed by atoms with Crippen LogP contribution < -0.4 is 26.2 Å². The first-order chi connectivity index (χ1) is 19.0. The SMILES string of the molecule is O=C(NNC(=S)NC(=O)c1ccc(OCCc2ccccc2)cc1)c1ccc(NC(=O)c2ccccc2)cc1. The van der Waals surface area contributed by atoms with E-state index in [1.54, 1.807) is 72.8 Å². The molecule has 0 heterocycles. The summed E-state index contributed by atoms with van der Waals surface area (Å²) in [5, 5.41) is 5.21. The fraction of sp³-hybridized carbons (Fsp3) is 0.0667. The lowest BCUT2D eigenvalue weighted by Crippen LogP contribution is -2.48. The molecule has 3 amide bonds. The quantitative estimate of drug-likeness (QED) is 0.194. The fourth-order valence-corrected chi connectivity index (χ4v) is 3.67. The Bertz CT molecular complexity index is 1430. The molecule has 0 bridgehead atoms. The van der Waals surface area contributed by atoms with E-state index in [1.807, 2.05) is 36.4 Å². The van der Waals surface area contributed by atoms with E-state index in [1.165, 1.54) is 5.56 Å². The smallest absolute Gasteiger partial charge is 0.269 e. The van der Waals surface area contributed by atoms with Crippen LogP contribution in [0, 0.1) is 0 Å². The summed E-state index contributed by atoms with van der Waals surface area (Å²) in [5.41, 5.74) is 7.92. The zero-order valence-electron chi connectivity index (χ0n) is 20.8. The van der Waals surface area contributed by atoms with E-state index in [9.17, 15) is 14.4 Å². The third-order valence-corrected chi connectivity index (χ3v) is 5.78. The van der Waals surface area contributed by atoms with Crippen molar-refractivity contribution in [1.29, 1.82) is 0 Å². The monoisotopic (exact) mass is 538 g/mol. The number of carbonyl (C=O) groups is 3. The van der Waals surface area contributed by atoms with Crippen molar-refractivity contribution in [3.05, 3.63) is 131 Å². The normalized spacial score (nSPS) is 10.2. The summed E-state index contributed by atoms with van der Waals surface area (Å²) >= 11 is 5.11. The van der Waals surface area contributed by atoms with Gasteiger partial charge in [-0.3, -0.25) is 30.6 Å². The van der Waals surface area contributed by atoms with Gasteiger partial charge in [0.25, 0.3) is 17.7 Å². The molecule has 0 atom stereocenters. The number of amides is 3. The molecule has 4 aromatic rings. The van der Waals surface area contributed by atoms with Gasteiger partial charge in [0.05, 0.1) is 6.61 Å². The van der Waals surface area contributed by atoms with E-state index in [0.29, 0.717) is 34.7 Å². The van der Waals surface area contributed by atoms with Crippen LogP contribution in [0.4, 0.5) is 5.69 Å². The van der Waals surface area contributed by atoms with Crippen molar-refractivity contribution in [2.75, 3.05) is 11.9 Å². The molecule has 0 radical (unpaired) electrons. The minimum Gasteiger partial charge on any atom is -0.493 e. The molecule has 0 aromatic heterocycles. The fourth-order valence-electron chi connectivity index (χ4n) is 3.52. The van der Waals surface area contributed by atoms with Gasteiger partial charge in [-0.2, -0.15) is 0 Å². The van der Waals surface area contributed by atoms with Gasteiger partial charge >= 0.3 is 0 Å². The van der Waals surface area contributed by atoms with Crippen LogP contribution in [0.1, 0.15) is 36.6 Å². The number of hydrazine groups is 1. The highest BCUT2D eigenvalue weighted by molar-refractivity contribution is 7.80. The first kappa shape index (κ1) is 27.0. The second kappa shape index (κ2) is 13.5. The van der Waals surface area contributed by atoms with E-state index in [2.05, 4.69) is 21.5 Å². The number of nitrogens with one attached hydrogen (secondary N) is 4. The summed E-state index contributed by atoms with van der Waals surface area (Å²) in [6, 6.07) is 31.9. The lowest BCUT2D eigenvalue weighted by Gasteiger charge is -2.12. The molecule has 0 aliphatic heterocycles. The van der Waals surface area contributed by atoms with Gasteiger partial charge in [0.15, 0.2) is 5.11 Å². The van der Waals surface area contributed by atoms with Gasteiger partial charge in [-0.05, 0) is 78.4 Å². The van der Waals surface area contributed by atoms with Crippen molar-refractivity contribution in [3.8, 4) is 5.75 Å². The molecule has 0 aliphatic carbocycles. The summed E-state index contributed by atoms with van der Waals surface area (Å²) in [5.74, 6) is -0.498.